The van der Waals surface area contributed by atoms with Crippen LogP contribution in [0.15, 0.2) is 24.3 Å². The Morgan fingerprint density at radius 3 is 2.00 bits per heavy atom. The molecule has 0 spiro atoms. The Morgan fingerprint density at radius 1 is 1.00 bits per heavy atom. The number of benzene rings is 1. The second kappa shape index (κ2) is 5.97. The lowest BCUT2D eigenvalue weighted by Gasteiger charge is -2.20. The second-order valence-electron chi connectivity index (χ2n) is 4.69. The van der Waals surface area contributed by atoms with E-state index in [1.807, 2.05) is 0 Å². The number of nitrogens with zero attached hydrogens (tertiary/aromatic N) is 2. The number of hydrogen-bond acceptors (Lipinski definition) is 3. The van der Waals surface area contributed by atoms with Crippen LogP contribution in [0, 0.1) is 0 Å². The minimum Gasteiger partial charge on any atom is -0.304 e. The van der Waals surface area contributed by atoms with Crippen molar-refractivity contribution in [3.05, 3.63) is 35.4 Å². The fourth-order valence-electron chi connectivity index (χ4n) is 2.43. The van der Waals surface area contributed by atoms with Crippen molar-refractivity contribution >= 4 is 11.8 Å². The van der Waals surface area contributed by atoms with Gasteiger partial charge in [0.05, 0.1) is 11.1 Å². The summed E-state index contributed by atoms with van der Waals surface area (Å²) in [5.74, 6) is -0.305. The van der Waals surface area contributed by atoms with E-state index in [2.05, 4.69) is 18.7 Å². The molecule has 1 heterocycles. The number of carbonyl (C=O) groups excluding carboxylic acids is 2. The number of imide groups is 1. The van der Waals surface area contributed by atoms with Gasteiger partial charge in [-0.3, -0.25) is 14.5 Å². The maximum Gasteiger partial charge on any atom is 0.261 e. The summed E-state index contributed by atoms with van der Waals surface area (Å²) in [4.78, 5) is 27.9. The molecule has 0 saturated carbocycles. The second-order valence-corrected chi connectivity index (χ2v) is 4.69. The van der Waals surface area contributed by atoms with Crippen LogP contribution in [0.25, 0.3) is 0 Å². The van der Waals surface area contributed by atoms with Gasteiger partial charge in [-0.2, -0.15) is 0 Å². The summed E-state index contributed by atoms with van der Waals surface area (Å²) in [6.45, 7) is 7.65. The Hall–Kier alpha value is -1.68. The van der Waals surface area contributed by atoms with Crippen LogP contribution in [0.3, 0.4) is 0 Å². The highest BCUT2D eigenvalue weighted by molar-refractivity contribution is 6.21. The third-order valence-electron chi connectivity index (χ3n) is 3.63. The summed E-state index contributed by atoms with van der Waals surface area (Å²) < 4.78 is 0. The van der Waals surface area contributed by atoms with Gasteiger partial charge in [0.25, 0.3) is 11.8 Å². The van der Waals surface area contributed by atoms with Gasteiger partial charge < -0.3 is 4.90 Å². The molecule has 102 valence electrons. The minimum atomic E-state index is -0.153. The van der Waals surface area contributed by atoms with Gasteiger partial charge >= 0.3 is 0 Å². The molecule has 0 bridgehead atoms. The van der Waals surface area contributed by atoms with Gasteiger partial charge in [0.2, 0.25) is 0 Å². The first-order valence-corrected chi connectivity index (χ1v) is 6.86. The van der Waals surface area contributed by atoms with Crippen molar-refractivity contribution < 1.29 is 9.59 Å². The maximum atomic E-state index is 12.1. The molecule has 0 aliphatic carbocycles. The summed E-state index contributed by atoms with van der Waals surface area (Å²) in [6, 6.07) is 7.03. The number of amides is 2. The van der Waals surface area contributed by atoms with Crippen LogP contribution in [0.1, 0.15) is 41.0 Å². The van der Waals surface area contributed by atoms with Crippen molar-refractivity contribution in [2.75, 3.05) is 26.2 Å². The van der Waals surface area contributed by atoms with E-state index in [4.69, 9.17) is 0 Å². The Kier molecular flexibility index (Phi) is 4.32. The van der Waals surface area contributed by atoms with E-state index in [-0.39, 0.29) is 11.8 Å². The smallest absolute Gasteiger partial charge is 0.261 e. The quantitative estimate of drug-likeness (QED) is 0.735. The summed E-state index contributed by atoms with van der Waals surface area (Å²) in [5, 5.41) is 0. The van der Waals surface area contributed by atoms with Crippen molar-refractivity contribution in [1.29, 1.82) is 0 Å². The van der Waals surface area contributed by atoms with E-state index in [0.717, 1.165) is 26.1 Å². The van der Waals surface area contributed by atoms with Crippen LogP contribution in [0.2, 0.25) is 0 Å². The minimum absolute atomic E-state index is 0.153. The van der Waals surface area contributed by atoms with Gasteiger partial charge in [0.1, 0.15) is 0 Å². The zero-order valence-electron chi connectivity index (χ0n) is 11.6. The van der Waals surface area contributed by atoms with E-state index >= 15 is 0 Å². The fraction of sp³-hybridized carbons (Fsp3) is 0.467. The van der Waals surface area contributed by atoms with Crippen LogP contribution in [0.4, 0.5) is 0 Å². The zero-order valence-corrected chi connectivity index (χ0v) is 11.6. The van der Waals surface area contributed by atoms with Crippen molar-refractivity contribution in [1.82, 2.24) is 9.80 Å². The van der Waals surface area contributed by atoms with Gasteiger partial charge in [-0.25, -0.2) is 0 Å². The summed E-state index contributed by atoms with van der Waals surface area (Å²) >= 11 is 0. The molecular formula is C15H20N2O2. The normalized spacial score (nSPS) is 14.4. The lowest BCUT2D eigenvalue weighted by molar-refractivity contribution is 0.0648. The Bertz CT molecular complexity index is 446. The molecule has 0 unspecified atom stereocenters. The molecule has 2 rings (SSSR count). The molecule has 0 aromatic heterocycles. The van der Waals surface area contributed by atoms with Crippen LogP contribution < -0.4 is 0 Å². The first kappa shape index (κ1) is 13.7. The molecule has 19 heavy (non-hydrogen) atoms. The van der Waals surface area contributed by atoms with Crippen molar-refractivity contribution in [3.63, 3.8) is 0 Å². The molecule has 1 aromatic carbocycles. The SMILES string of the molecule is CCN(CC)CCCN1C(=O)c2ccccc2C1=O. The largest absolute Gasteiger partial charge is 0.304 e. The highest BCUT2D eigenvalue weighted by Crippen LogP contribution is 2.22. The Morgan fingerprint density at radius 2 is 1.53 bits per heavy atom. The van der Waals surface area contributed by atoms with E-state index < -0.39 is 0 Å². The summed E-state index contributed by atoms with van der Waals surface area (Å²) in [7, 11) is 0. The van der Waals surface area contributed by atoms with E-state index in [9.17, 15) is 9.59 Å². The van der Waals surface area contributed by atoms with Crippen molar-refractivity contribution in [3.8, 4) is 0 Å². The van der Waals surface area contributed by atoms with Crippen molar-refractivity contribution in [2.45, 2.75) is 20.3 Å². The maximum absolute atomic E-state index is 12.1. The number of rotatable bonds is 6. The van der Waals surface area contributed by atoms with Crippen LogP contribution in [-0.4, -0.2) is 47.8 Å². The molecule has 0 N–H and O–H groups in total. The molecule has 0 radical (unpaired) electrons. The van der Waals surface area contributed by atoms with E-state index in [0.29, 0.717) is 17.7 Å². The Labute approximate surface area is 114 Å². The van der Waals surface area contributed by atoms with Gasteiger partial charge in [0.15, 0.2) is 0 Å². The topological polar surface area (TPSA) is 40.6 Å². The van der Waals surface area contributed by atoms with Gasteiger partial charge in [0, 0.05) is 6.54 Å². The molecule has 1 aromatic rings. The first-order chi connectivity index (χ1) is 9.19. The Balaban J connectivity index is 1.97. The predicted molar refractivity (Wildman–Crippen MR) is 74.2 cm³/mol. The first-order valence-electron chi connectivity index (χ1n) is 6.86. The number of fused-ring (bicyclic) bond motifs is 1. The third-order valence-corrected chi connectivity index (χ3v) is 3.63. The average Bonchev–Trinajstić information content (AvgIpc) is 2.69. The molecule has 0 fully saturated rings. The average molecular weight is 260 g/mol. The molecule has 0 saturated heterocycles. The van der Waals surface area contributed by atoms with Crippen molar-refractivity contribution in [2.24, 2.45) is 0 Å². The molecule has 2 amide bonds. The molecule has 4 nitrogen and oxygen atoms in total. The fourth-order valence-corrected chi connectivity index (χ4v) is 2.43. The standard InChI is InChI=1S/C15H20N2O2/c1-3-16(4-2)10-7-11-17-14(18)12-8-5-6-9-13(12)15(17)19/h5-6,8-9H,3-4,7,10-11H2,1-2H3. The highest BCUT2D eigenvalue weighted by atomic mass is 16.2. The lowest BCUT2D eigenvalue weighted by atomic mass is 10.1. The van der Waals surface area contributed by atoms with Crippen LogP contribution in [0.5, 0.6) is 0 Å². The van der Waals surface area contributed by atoms with Gasteiger partial charge in [-0.15, -0.1) is 0 Å². The zero-order chi connectivity index (χ0) is 13.8. The molecule has 0 atom stereocenters. The molecule has 4 heteroatoms. The number of hydrogen-bond donors (Lipinski definition) is 0. The molecular weight excluding hydrogens is 240 g/mol. The lowest BCUT2D eigenvalue weighted by Crippen LogP contribution is -2.33. The van der Waals surface area contributed by atoms with E-state index in [1.165, 1.54) is 4.90 Å². The summed E-state index contributed by atoms with van der Waals surface area (Å²) in [5.41, 5.74) is 1.07. The predicted octanol–water partition coefficient (Wildman–Crippen LogP) is 2.01. The third kappa shape index (κ3) is 2.68. The molecule has 1 aliphatic heterocycles. The monoisotopic (exact) mass is 260 g/mol. The molecule has 1 aliphatic rings. The van der Waals surface area contributed by atoms with Crippen LogP contribution in [-0.2, 0) is 0 Å². The number of carbonyl (C=O) groups is 2. The van der Waals surface area contributed by atoms with Crippen LogP contribution >= 0.6 is 0 Å². The summed E-state index contributed by atoms with van der Waals surface area (Å²) in [6.07, 6.45) is 0.827. The highest BCUT2D eigenvalue weighted by Gasteiger charge is 2.34. The van der Waals surface area contributed by atoms with Gasteiger partial charge in [-0.1, -0.05) is 26.0 Å². The van der Waals surface area contributed by atoms with E-state index in [1.54, 1.807) is 24.3 Å². The van der Waals surface area contributed by atoms with Gasteiger partial charge in [-0.05, 0) is 38.2 Å².